The molecule has 0 N–H and O–H groups in total. The summed E-state index contributed by atoms with van der Waals surface area (Å²) in [5.74, 6) is -0.563. The van der Waals surface area contributed by atoms with E-state index in [1.165, 1.54) is 42.4 Å². The maximum Gasteiger partial charge on any atom is 0.167 e. The third kappa shape index (κ3) is 3.17. The third-order valence-electron chi connectivity index (χ3n) is 4.01. The average Bonchev–Trinajstić information content (AvgIpc) is 3.07. The highest BCUT2D eigenvalue weighted by molar-refractivity contribution is 7.99. The zero-order valence-corrected chi connectivity index (χ0v) is 14.6. The lowest BCUT2D eigenvalue weighted by atomic mass is 10.2. The quantitative estimate of drug-likeness (QED) is 0.378. The molecule has 2 heterocycles. The maximum absolute atomic E-state index is 13.5. The predicted molar refractivity (Wildman–Crippen MR) is 97.3 cm³/mol. The van der Waals surface area contributed by atoms with Crippen molar-refractivity contribution >= 4 is 22.8 Å². The van der Waals surface area contributed by atoms with Crippen molar-refractivity contribution in [1.29, 1.82) is 0 Å². The number of hydrogen-bond donors (Lipinski definition) is 0. The molecule has 0 bridgehead atoms. The van der Waals surface area contributed by atoms with Crippen molar-refractivity contribution in [3.8, 4) is 5.69 Å². The van der Waals surface area contributed by atoms with Crippen molar-refractivity contribution in [2.24, 2.45) is 0 Å². The number of halogens is 2. The normalized spacial score (nSPS) is 12.4. The summed E-state index contributed by atoms with van der Waals surface area (Å²) in [5.41, 5.74) is 2.24. The van der Waals surface area contributed by atoms with Crippen molar-refractivity contribution in [2.45, 2.75) is 17.2 Å². The molecule has 0 fully saturated rings. The maximum atomic E-state index is 13.5. The molecule has 0 amide bonds. The lowest BCUT2D eigenvalue weighted by Crippen LogP contribution is -1.98. The van der Waals surface area contributed by atoms with Crippen molar-refractivity contribution in [3.63, 3.8) is 0 Å². The van der Waals surface area contributed by atoms with Crippen LogP contribution in [0.4, 0.5) is 8.78 Å². The molecule has 26 heavy (non-hydrogen) atoms. The molecule has 4 aromatic rings. The smallest absolute Gasteiger partial charge is 0.167 e. The highest BCUT2D eigenvalue weighted by Gasteiger charge is 2.15. The van der Waals surface area contributed by atoms with Gasteiger partial charge in [-0.25, -0.2) is 23.4 Å². The molecule has 7 heteroatoms. The van der Waals surface area contributed by atoms with Gasteiger partial charge < -0.3 is 0 Å². The molecule has 0 aliphatic rings. The van der Waals surface area contributed by atoms with E-state index in [9.17, 15) is 8.78 Å². The van der Waals surface area contributed by atoms with Crippen LogP contribution in [0.3, 0.4) is 0 Å². The van der Waals surface area contributed by atoms with Crippen molar-refractivity contribution in [2.75, 3.05) is 0 Å². The van der Waals surface area contributed by atoms with E-state index in [1.54, 1.807) is 29.1 Å². The molecule has 0 aliphatic carbocycles. The summed E-state index contributed by atoms with van der Waals surface area (Å²) in [7, 11) is 0. The molecule has 0 saturated heterocycles. The van der Waals surface area contributed by atoms with Gasteiger partial charge in [-0.1, -0.05) is 23.9 Å². The number of hydrogen-bond acceptors (Lipinski definition) is 4. The predicted octanol–water partition coefficient (Wildman–Crippen LogP) is 4.95. The molecule has 4 nitrogen and oxygen atoms in total. The monoisotopic (exact) mass is 368 g/mol. The summed E-state index contributed by atoms with van der Waals surface area (Å²) in [6, 6.07) is 12.6. The van der Waals surface area contributed by atoms with Crippen LogP contribution in [0, 0.1) is 11.6 Å². The van der Waals surface area contributed by atoms with Crippen LogP contribution < -0.4 is 0 Å². The first kappa shape index (κ1) is 16.7. The van der Waals surface area contributed by atoms with Gasteiger partial charge in [-0.05, 0) is 48.9 Å². The largest absolute Gasteiger partial charge is 0.229 e. The van der Waals surface area contributed by atoms with Gasteiger partial charge >= 0.3 is 0 Å². The van der Waals surface area contributed by atoms with E-state index >= 15 is 0 Å². The Balaban J connectivity index is 1.70. The fraction of sp³-hybridized carbons (Fsp3) is 0.105. The number of nitrogens with zero attached hydrogens (tertiary/aromatic N) is 4. The first-order valence-electron chi connectivity index (χ1n) is 7.98. The number of benzene rings is 2. The zero-order chi connectivity index (χ0) is 18.1. The Morgan fingerprint density at radius 1 is 1.00 bits per heavy atom. The van der Waals surface area contributed by atoms with E-state index in [2.05, 4.69) is 15.1 Å². The van der Waals surface area contributed by atoms with E-state index in [1.807, 2.05) is 13.0 Å². The minimum atomic E-state index is -0.306. The summed E-state index contributed by atoms with van der Waals surface area (Å²) >= 11 is 1.51. The summed E-state index contributed by atoms with van der Waals surface area (Å²) in [4.78, 5) is 8.68. The first-order chi connectivity index (χ1) is 12.6. The third-order valence-corrected chi connectivity index (χ3v) is 5.18. The van der Waals surface area contributed by atoms with Gasteiger partial charge in [0.15, 0.2) is 5.65 Å². The van der Waals surface area contributed by atoms with E-state index in [4.69, 9.17) is 0 Å². The molecular weight excluding hydrogens is 354 g/mol. The Kier molecular flexibility index (Phi) is 4.38. The molecule has 2 aromatic heterocycles. The fourth-order valence-corrected chi connectivity index (χ4v) is 3.68. The topological polar surface area (TPSA) is 43.6 Å². The fourth-order valence-electron chi connectivity index (χ4n) is 2.68. The van der Waals surface area contributed by atoms with Crippen LogP contribution in [0.2, 0.25) is 0 Å². The van der Waals surface area contributed by atoms with Crippen molar-refractivity contribution < 1.29 is 8.78 Å². The second-order valence-corrected chi connectivity index (χ2v) is 7.09. The van der Waals surface area contributed by atoms with Gasteiger partial charge in [0.1, 0.15) is 23.0 Å². The molecule has 0 aliphatic heterocycles. The molecule has 0 radical (unpaired) electrons. The van der Waals surface area contributed by atoms with Crippen LogP contribution in [0.5, 0.6) is 0 Å². The second-order valence-electron chi connectivity index (χ2n) is 5.76. The van der Waals surface area contributed by atoms with Crippen LogP contribution >= 0.6 is 11.8 Å². The van der Waals surface area contributed by atoms with E-state index < -0.39 is 0 Å². The Morgan fingerprint density at radius 2 is 1.81 bits per heavy atom. The molecule has 4 rings (SSSR count). The lowest BCUT2D eigenvalue weighted by molar-refractivity contribution is 0.625. The van der Waals surface area contributed by atoms with Crippen LogP contribution in [-0.4, -0.2) is 19.7 Å². The average molecular weight is 368 g/mol. The van der Waals surface area contributed by atoms with Gasteiger partial charge in [-0.15, -0.1) is 0 Å². The Bertz CT molecular complexity index is 1060. The van der Waals surface area contributed by atoms with Gasteiger partial charge in [0, 0.05) is 5.25 Å². The van der Waals surface area contributed by atoms with Crippen LogP contribution in [0.15, 0.2) is 66.1 Å². The summed E-state index contributed by atoms with van der Waals surface area (Å²) in [6.07, 6.45) is 3.17. The van der Waals surface area contributed by atoms with E-state index in [0.29, 0.717) is 11.3 Å². The minimum absolute atomic E-state index is 0.0120. The molecule has 130 valence electrons. The second kappa shape index (κ2) is 6.84. The summed E-state index contributed by atoms with van der Waals surface area (Å²) in [5, 5.41) is 5.94. The standard InChI is InChI=1S/C19H14F2N4S/c1-12(13-3-2-4-15(21)9-13)26-19-17-10-24-25(18(17)22-11-23-19)16-7-5-14(20)6-8-16/h2-12H,1H3. The molecule has 0 spiro atoms. The number of rotatable bonds is 4. The van der Waals surface area contributed by atoms with Gasteiger partial charge in [0.05, 0.1) is 17.3 Å². The van der Waals surface area contributed by atoms with Gasteiger partial charge in [0.2, 0.25) is 0 Å². The molecule has 1 atom stereocenters. The summed E-state index contributed by atoms with van der Waals surface area (Å²) in [6.45, 7) is 2.00. The highest BCUT2D eigenvalue weighted by Crippen LogP contribution is 2.37. The Hall–Kier alpha value is -2.80. The minimum Gasteiger partial charge on any atom is -0.229 e. The van der Waals surface area contributed by atoms with Gasteiger partial charge in [-0.2, -0.15) is 5.10 Å². The molecule has 0 saturated carbocycles. The van der Waals surface area contributed by atoms with Gasteiger partial charge in [-0.3, -0.25) is 0 Å². The number of thioether (sulfide) groups is 1. The van der Waals surface area contributed by atoms with Crippen LogP contribution in [0.1, 0.15) is 17.7 Å². The first-order valence-corrected chi connectivity index (χ1v) is 8.86. The van der Waals surface area contributed by atoms with Gasteiger partial charge in [0.25, 0.3) is 0 Å². The SMILES string of the molecule is CC(Sc1ncnc2c1cnn2-c1ccc(F)cc1)c1cccc(F)c1. The molecular formula is C19H14F2N4S. The number of aromatic nitrogens is 4. The lowest BCUT2D eigenvalue weighted by Gasteiger charge is -2.11. The van der Waals surface area contributed by atoms with Crippen molar-refractivity contribution in [1.82, 2.24) is 19.7 Å². The summed E-state index contributed by atoms with van der Waals surface area (Å²) < 4.78 is 28.3. The van der Waals surface area contributed by atoms with Crippen molar-refractivity contribution in [3.05, 3.63) is 78.3 Å². The zero-order valence-electron chi connectivity index (χ0n) is 13.8. The van der Waals surface area contributed by atoms with E-state index in [-0.39, 0.29) is 16.9 Å². The molecule has 2 aromatic carbocycles. The highest BCUT2D eigenvalue weighted by atomic mass is 32.2. The molecule has 1 unspecified atom stereocenters. The van der Waals surface area contributed by atoms with E-state index in [0.717, 1.165) is 16.0 Å². The Labute approximate surface area is 152 Å². The number of fused-ring (bicyclic) bond motifs is 1. The van der Waals surface area contributed by atoms with Crippen LogP contribution in [0.25, 0.3) is 16.7 Å². The van der Waals surface area contributed by atoms with Crippen LogP contribution in [-0.2, 0) is 0 Å². The Morgan fingerprint density at radius 3 is 2.58 bits per heavy atom.